The number of ether oxygens (including phenoxy) is 1. The Balaban J connectivity index is 1.62. The van der Waals surface area contributed by atoms with Gasteiger partial charge in [0.25, 0.3) is 0 Å². The van der Waals surface area contributed by atoms with Crippen LogP contribution in [0.25, 0.3) is 10.9 Å². The van der Waals surface area contributed by atoms with Crippen molar-refractivity contribution in [1.82, 2.24) is 14.9 Å². The first-order valence-electron chi connectivity index (χ1n) is 11.3. The van der Waals surface area contributed by atoms with Gasteiger partial charge in [-0.3, -0.25) is 4.79 Å². The van der Waals surface area contributed by atoms with Crippen LogP contribution in [-0.4, -0.2) is 48.0 Å². The summed E-state index contributed by atoms with van der Waals surface area (Å²) < 4.78 is 6.08. The van der Waals surface area contributed by atoms with E-state index in [1.807, 2.05) is 55.4 Å². The second-order valence-corrected chi connectivity index (χ2v) is 8.77. The number of rotatable bonds is 10. The first-order chi connectivity index (χ1) is 16.0. The van der Waals surface area contributed by atoms with Crippen LogP contribution in [0.3, 0.4) is 0 Å². The van der Waals surface area contributed by atoms with Crippen molar-refractivity contribution < 1.29 is 9.53 Å². The molecule has 172 valence electrons. The normalized spacial score (nSPS) is 14.5. The molecule has 0 saturated heterocycles. The smallest absolute Gasteiger partial charge is 0.248 e. The van der Waals surface area contributed by atoms with Gasteiger partial charge in [-0.25, -0.2) is 9.97 Å². The van der Waals surface area contributed by atoms with Crippen LogP contribution in [0.2, 0.25) is 0 Å². The molecule has 1 fully saturated rings. The van der Waals surface area contributed by atoms with Crippen LogP contribution in [0.1, 0.15) is 31.4 Å². The first kappa shape index (κ1) is 22.7. The number of amides is 1. The molecule has 7 heteroatoms. The number of carbonyl (C=O) groups is 1. The summed E-state index contributed by atoms with van der Waals surface area (Å²) in [5.74, 6) is 1.74. The van der Waals surface area contributed by atoms with Crippen LogP contribution in [0.15, 0.2) is 60.9 Å². The van der Waals surface area contributed by atoms with Gasteiger partial charge in [0.2, 0.25) is 5.91 Å². The molecule has 2 aromatic carbocycles. The van der Waals surface area contributed by atoms with E-state index >= 15 is 0 Å². The Labute approximate surface area is 194 Å². The first-order valence-corrected chi connectivity index (χ1v) is 11.3. The maximum Gasteiger partial charge on any atom is 0.248 e. The Morgan fingerprint density at radius 3 is 2.73 bits per heavy atom. The zero-order valence-electron chi connectivity index (χ0n) is 19.4. The van der Waals surface area contributed by atoms with Crippen molar-refractivity contribution in [2.24, 2.45) is 5.92 Å². The Hall–Kier alpha value is -3.45. The molecule has 0 bridgehead atoms. The molecule has 1 aliphatic carbocycles. The molecule has 1 saturated carbocycles. The summed E-state index contributed by atoms with van der Waals surface area (Å²) in [6.07, 6.45) is 7.31. The highest BCUT2D eigenvalue weighted by molar-refractivity contribution is 6.03. The third-order valence-electron chi connectivity index (χ3n) is 5.56. The average molecular weight is 446 g/mol. The van der Waals surface area contributed by atoms with Crippen molar-refractivity contribution in [2.45, 2.75) is 25.8 Å². The van der Waals surface area contributed by atoms with Crippen molar-refractivity contribution in [1.29, 1.82) is 0 Å². The highest BCUT2D eigenvalue weighted by Gasteiger charge is 2.23. The van der Waals surface area contributed by atoms with Gasteiger partial charge in [-0.2, -0.15) is 0 Å². The second kappa shape index (κ2) is 10.4. The number of aromatic nitrogens is 2. The number of likely N-dealkylation sites (N-methyl/N-ethyl adjacent to an activating group) is 1. The molecule has 7 nitrogen and oxygen atoms in total. The van der Waals surface area contributed by atoms with Crippen molar-refractivity contribution >= 4 is 28.3 Å². The monoisotopic (exact) mass is 445 g/mol. The van der Waals surface area contributed by atoms with E-state index in [2.05, 4.69) is 39.7 Å². The zero-order chi connectivity index (χ0) is 23.2. The van der Waals surface area contributed by atoms with E-state index in [1.54, 1.807) is 12.4 Å². The fourth-order valence-corrected chi connectivity index (χ4v) is 3.48. The van der Waals surface area contributed by atoms with Crippen LogP contribution >= 0.6 is 0 Å². The van der Waals surface area contributed by atoms with Gasteiger partial charge in [0.15, 0.2) is 0 Å². The lowest BCUT2D eigenvalue weighted by atomic mass is 10.1. The molecule has 1 aliphatic rings. The lowest BCUT2D eigenvalue weighted by Gasteiger charge is -2.18. The van der Waals surface area contributed by atoms with Crippen LogP contribution < -0.4 is 15.4 Å². The molecule has 0 radical (unpaired) electrons. The lowest BCUT2D eigenvalue weighted by molar-refractivity contribution is -0.111. The minimum absolute atomic E-state index is 0.0575. The lowest BCUT2D eigenvalue weighted by Crippen LogP contribution is -2.14. The van der Waals surface area contributed by atoms with Crippen molar-refractivity contribution in [3.8, 4) is 5.75 Å². The minimum Gasteiger partial charge on any atom is -0.491 e. The van der Waals surface area contributed by atoms with Crippen LogP contribution in [0, 0.1) is 5.92 Å². The SMILES string of the molecule is C[C@@H](Nc1ncnc2cc(OCC3CC3)c(NC(=O)C=CCN(C)C)cc12)c1ccccc1. The number of hydrogen-bond acceptors (Lipinski definition) is 6. The molecule has 1 amide bonds. The van der Waals surface area contributed by atoms with Gasteiger partial charge in [-0.15, -0.1) is 0 Å². The maximum atomic E-state index is 12.6. The van der Waals surface area contributed by atoms with E-state index in [0.717, 1.165) is 16.5 Å². The van der Waals surface area contributed by atoms with Gasteiger partial charge < -0.3 is 20.3 Å². The summed E-state index contributed by atoms with van der Waals surface area (Å²) in [4.78, 5) is 23.5. The van der Waals surface area contributed by atoms with Gasteiger partial charge in [-0.1, -0.05) is 36.4 Å². The van der Waals surface area contributed by atoms with Gasteiger partial charge in [0, 0.05) is 30.1 Å². The predicted octanol–water partition coefficient (Wildman–Crippen LogP) is 4.65. The summed E-state index contributed by atoms with van der Waals surface area (Å²) in [6.45, 7) is 3.43. The van der Waals surface area contributed by atoms with E-state index < -0.39 is 0 Å². The molecule has 0 aliphatic heterocycles. The van der Waals surface area contributed by atoms with E-state index in [0.29, 0.717) is 36.3 Å². The third-order valence-corrected chi connectivity index (χ3v) is 5.56. The van der Waals surface area contributed by atoms with E-state index in [1.165, 1.54) is 12.8 Å². The average Bonchev–Trinajstić information content (AvgIpc) is 3.63. The van der Waals surface area contributed by atoms with Gasteiger partial charge in [0.05, 0.1) is 17.8 Å². The third kappa shape index (κ3) is 6.29. The number of anilines is 2. The van der Waals surface area contributed by atoms with E-state index in [-0.39, 0.29) is 11.9 Å². The van der Waals surface area contributed by atoms with Crippen molar-refractivity contribution in [3.63, 3.8) is 0 Å². The highest BCUT2D eigenvalue weighted by atomic mass is 16.5. The molecule has 2 N–H and O–H groups in total. The second-order valence-electron chi connectivity index (χ2n) is 8.77. The molecular formula is C26H31N5O2. The number of nitrogens with zero attached hydrogens (tertiary/aromatic N) is 3. The zero-order valence-corrected chi connectivity index (χ0v) is 19.4. The summed E-state index contributed by atoms with van der Waals surface area (Å²) in [7, 11) is 3.92. The predicted molar refractivity (Wildman–Crippen MR) is 133 cm³/mol. The van der Waals surface area contributed by atoms with Crippen LogP contribution in [-0.2, 0) is 4.79 Å². The molecule has 0 spiro atoms. The molecular weight excluding hydrogens is 414 g/mol. The molecule has 33 heavy (non-hydrogen) atoms. The molecule has 1 heterocycles. The minimum atomic E-state index is -0.198. The molecule has 0 unspecified atom stereocenters. The van der Waals surface area contributed by atoms with E-state index in [9.17, 15) is 4.79 Å². The fourth-order valence-electron chi connectivity index (χ4n) is 3.48. The summed E-state index contributed by atoms with van der Waals surface area (Å²) in [6, 6.07) is 14.0. The van der Waals surface area contributed by atoms with Gasteiger partial charge in [-0.05, 0) is 51.4 Å². The number of fused-ring (bicyclic) bond motifs is 1. The Kier molecular flexibility index (Phi) is 7.19. The quantitative estimate of drug-likeness (QED) is 0.442. The molecule has 4 rings (SSSR count). The van der Waals surface area contributed by atoms with E-state index in [4.69, 9.17) is 4.74 Å². The Morgan fingerprint density at radius 1 is 1.21 bits per heavy atom. The fraction of sp³-hybridized carbons (Fsp3) is 0.346. The summed E-state index contributed by atoms with van der Waals surface area (Å²) >= 11 is 0. The Bertz CT molecular complexity index is 1130. The number of carbonyl (C=O) groups excluding carboxylic acids is 1. The number of hydrogen-bond donors (Lipinski definition) is 2. The van der Waals surface area contributed by atoms with Crippen LogP contribution in [0.5, 0.6) is 5.75 Å². The maximum absolute atomic E-state index is 12.6. The number of benzene rings is 2. The summed E-state index contributed by atoms with van der Waals surface area (Å²) in [5, 5.41) is 7.29. The summed E-state index contributed by atoms with van der Waals surface area (Å²) in [5.41, 5.74) is 2.54. The Morgan fingerprint density at radius 2 is 2.00 bits per heavy atom. The standard InChI is InChI=1S/C26H31N5O2/c1-18(20-8-5-4-6-9-20)29-26-21-14-23(30-25(32)10-7-13-31(2)3)24(33-16-19-11-12-19)15-22(21)27-17-28-26/h4-10,14-15,17-19H,11-13,16H2,1-3H3,(H,30,32)(H,27,28,29)/t18-/m1/s1. The van der Waals surface area contributed by atoms with Gasteiger partial charge in [0.1, 0.15) is 17.9 Å². The highest BCUT2D eigenvalue weighted by Crippen LogP contribution is 2.36. The van der Waals surface area contributed by atoms with Crippen molar-refractivity contribution in [2.75, 3.05) is 37.9 Å². The number of nitrogens with one attached hydrogen (secondary N) is 2. The largest absolute Gasteiger partial charge is 0.491 e. The molecule has 1 aromatic heterocycles. The van der Waals surface area contributed by atoms with Gasteiger partial charge >= 0.3 is 0 Å². The molecule has 1 atom stereocenters. The topological polar surface area (TPSA) is 79.4 Å². The van der Waals surface area contributed by atoms with Crippen molar-refractivity contribution in [3.05, 3.63) is 66.5 Å². The molecule has 3 aromatic rings. The van der Waals surface area contributed by atoms with Crippen LogP contribution in [0.4, 0.5) is 11.5 Å².